The minimum atomic E-state index is -0.395. The van der Waals surface area contributed by atoms with E-state index in [-0.39, 0.29) is 11.8 Å². The molecule has 8 heteroatoms. The third-order valence-corrected chi connectivity index (χ3v) is 7.78. The first kappa shape index (κ1) is 42.3. The second-order valence-corrected chi connectivity index (χ2v) is 13.5. The molecule has 0 spiro atoms. The summed E-state index contributed by atoms with van der Waals surface area (Å²) in [6.45, 7) is 13.6. The minimum Gasteiger partial charge on any atom is -0.386 e. The van der Waals surface area contributed by atoms with Crippen molar-refractivity contribution in [1.29, 1.82) is 0 Å². The number of aliphatic hydroxyl groups is 1. The van der Waals surface area contributed by atoms with Crippen molar-refractivity contribution >= 4 is 11.8 Å². The van der Waals surface area contributed by atoms with Crippen molar-refractivity contribution in [3.8, 4) is 0 Å². The molecule has 258 valence electrons. The molecule has 2 amide bonds. The van der Waals surface area contributed by atoms with E-state index in [0.717, 1.165) is 82.0 Å². The summed E-state index contributed by atoms with van der Waals surface area (Å²) in [6.07, 6.45) is 22.9. The Morgan fingerprint density at radius 3 is 1.64 bits per heavy atom. The van der Waals surface area contributed by atoms with E-state index < -0.39 is 6.10 Å². The maximum absolute atomic E-state index is 12.2. The number of likely N-dealkylation sites (N-methyl/N-ethyl adjacent to an activating group) is 1. The van der Waals surface area contributed by atoms with Crippen molar-refractivity contribution in [3.05, 3.63) is 25.3 Å². The zero-order valence-electron chi connectivity index (χ0n) is 29.2. The molecule has 44 heavy (non-hydrogen) atoms. The van der Waals surface area contributed by atoms with Gasteiger partial charge in [0.25, 0.3) is 0 Å². The summed E-state index contributed by atoms with van der Waals surface area (Å²) in [4.78, 5) is 26.6. The number of aliphatic hydroxyl groups excluding tert-OH is 1. The van der Waals surface area contributed by atoms with Gasteiger partial charge >= 0.3 is 0 Å². The molecule has 8 nitrogen and oxygen atoms in total. The van der Waals surface area contributed by atoms with Crippen molar-refractivity contribution < 1.29 is 19.2 Å². The van der Waals surface area contributed by atoms with Gasteiger partial charge in [-0.25, -0.2) is 0 Å². The van der Waals surface area contributed by atoms with Crippen LogP contribution in [-0.4, -0.2) is 106 Å². The first-order valence-electron chi connectivity index (χ1n) is 17.8. The highest BCUT2D eigenvalue weighted by Gasteiger charge is 2.18. The van der Waals surface area contributed by atoms with Crippen LogP contribution in [0.2, 0.25) is 0 Å². The van der Waals surface area contributed by atoms with Gasteiger partial charge in [-0.2, -0.15) is 0 Å². The Bertz CT molecular complexity index is 710. The molecule has 0 bridgehead atoms. The summed E-state index contributed by atoms with van der Waals surface area (Å²) in [7, 11) is 6.29. The van der Waals surface area contributed by atoms with Crippen LogP contribution in [0.5, 0.6) is 0 Å². The molecule has 0 heterocycles. The topological polar surface area (TPSA) is 93.7 Å². The van der Waals surface area contributed by atoms with E-state index in [1.165, 1.54) is 51.4 Å². The monoisotopic (exact) mass is 623 g/mol. The Hall–Kier alpha value is -1.74. The van der Waals surface area contributed by atoms with Gasteiger partial charge in [0, 0.05) is 45.6 Å². The molecule has 0 rings (SSSR count). The molecule has 0 aliphatic heterocycles. The van der Waals surface area contributed by atoms with Crippen LogP contribution in [0.3, 0.4) is 0 Å². The molecular formula is C36H72N5O3+. The summed E-state index contributed by atoms with van der Waals surface area (Å²) in [5, 5.41) is 20.3. The number of unbranched alkanes of at least 4 members (excludes halogenated alkanes) is 12. The lowest BCUT2D eigenvalue weighted by atomic mass is 10.1. The molecule has 0 aliphatic carbocycles. The summed E-state index contributed by atoms with van der Waals surface area (Å²) in [6, 6.07) is 0. The van der Waals surface area contributed by atoms with Crippen molar-refractivity contribution in [1.82, 2.24) is 20.9 Å². The van der Waals surface area contributed by atoms with E-state index in [9.17, 15) is 14.7 Å². The van der Waals surface area contributed by atoms with Crippen molar-refractivity contribution in [3.63, 3.8) is 0 Å². The average Bonchev–Trinajstić information content (AvgIpc) is 2.96. The Kier molecular flexibility index (Phi) is 28.8. The van der Waals surface area contributed by atoms with Gasteiger partial charge in [0.05, 0.1) is 21.1 Å². The summed E-state index contributed by atoms with van der Waals surface area (Å²) in [5.41, 5.74) is 0. The van der Waals surface area contributed by atoms with Crippen LogP contribution in [0.1, 0.15) is 116 Å². The summed E-state index contributed by atoms with van der Waals surface area (Å²) < 4.78 is 0.722. The molecule has 0 saturated carbocycles. The molecule has 0 fully saturated rings. The first-order valence-corrected chi connectivity index (χ1v) is 17.8. The zero-order chi connectivity index (χ0) is 32.7. The number of carbonyl (C=O) groups is 2. The van der Waals surface area contributed by atoms with Gasteiger partial charge in [0.15, 0.2) is 0 Å². The van der Waals surface area contributed by atoms with Crippen LogP contribution in [-0.2, 0) is 9.59 Å². The van der Waals surface area contributed by atoms with Gasteiger partial charge in [-0.15, -0.1) is 13.2 Å². The minimum absolute atomic E-state index is 0.150. The number of quaternary nitrogens is 1. The van der Waals surface area contributed by atoms with Crippen LogP contribution < -0.4 is 16.0 Å². The number of hydrogen-bond donors (Lipinski definition) is 4. The number of nitrogens with zero attached hydrogens (tertiary/aromatic N) is 2. The van der Waals surface area contributed by atoms with Crippen LogP contribution in [0.15, 0.2) is 25.3 Å². The quantitative estimate of drug-likeness (QED) is 0.0436. The fourth-order valence-corrected chi connectivity index (χ4v) is 5.36. The zero-order valence-corrected chi connectivity index (χ0v) is 29.2. The van der Waals surface area contributed by atoms with Gasteiger partial charge in [-0.1, -0.05) is 63.5 Å². The molecule has 0 aromatic rings. The summed E-state index contributed by atoms with van der Waals surface area (Å²) >= 11 is 0. The SMILES string of the molecule is C=CCCCCCCCCC(=O)NCCCNCCN(CCCNC(=O)CCCCCCCCC=C)CC(O)C[N+](C)(C)C. The molecule has 0 aromatic heterocycles. The standard InChI is InChI=1S/C36H71N5O3/c1-6-8-10-12-14-16-18-20-24-35(43)38-27-22-26-37-29-31-40(32-34(42)33-41(3,4)5)30-23-28-39-36(44)25-21-19-17-15-13-11-9-7-2/h6-7,34,37,42H,1-2,8-33H2,3-5H3,(H-,38,39,43,44)/p+1. The fraction of sp³-hybridized carbons (Fsp3) is 0.833. The van der Waals surface area contributed by atoms with Crippen LogP contribution >= 0.6 is 0 Å². The molecule has 1 unspecified atom stereocenters. The Balaban J connectivity index is 4.07. The smallest absolute Gasteiger partial charge is 0.219 e. The number of carbonyl (C=O) groups excluding carboxylic acids is 2. The van der Waals surface area contributed by atoms with Gasteiger partial charge in [0.2, 0.25) is 11.8 Å². The van der Waals surface area contributed by atoms with Crippen LogP contribution in [0.25, 0.3) is 0 Å². The highest BCUT2D eigenvalue weighted by Crippen LogP contribution is 2.10. The largest absolute Gasteiger partial charge is 0.386 e. The number of nitrogens with one attached hydrogen (secondary N) is 3. The second kappa shape index (κ2) is 29.9. The lowest BCUT2D eigenvalue weighted by Crippen LogP contribution is -2.47. The Labute approximate surface area is 272 Å². The molecular weight excluding hydrogens is 550 g/mol. The van der Waals surface area contributed by atoms with E-state index >= 15 is 0 Å². The normalized spacial score (nSPS) is 12.3. The average molecular weight is 623 g/mol. The van der Waals surface area contributed by atoms with Crippen molar-refractivity contribution in [2.75, 3.05) is 73.5 Å². The van der Waals surface area contributed by atoms with E-state index in [0.29, 0.717) is 39.0 Å². The molecule has 0 aromatic carbocycles. The molecule has 4 N–H and O–H groups in total. The lowest BCUT2D eigenvalue weighted by Gasteiger charge is -2.30. The van der Waals surface area contributed by atoms with Crippen molar-refractivity contribution in [2.45, 2.75) is 122 Å². The van der Waals surface area contributed by atoms with Crippen molar-refractivity contribution in [2.24, 2.45) is 0 Å². The molecule has 0 aliphatic rings. The molecule has 0 radical (unpaired) electrons. The number of allylic oxidation sites excluding steroid dienone is 2. The Morgan fingerprint density at radius 2 is 1.14 bits per heavy atom. The van der Waals surface area contributed by atoms with Gasteiger partial charge in [-0.05, 0) is 64.5 Å². The fourth-order valence-electron chi connectivity index (χ4n) is 5.36. The number of hydrogen-bond acceptors (Lipinski definition) is 5. The van der Waals surface area contributed by atoms with E-state index in [1.807, 2.05) is 12.2 Å². The number of amides is 2. The Morgan fingerprint density at radius 1 is 0.659 bits per heavy atom. The van der Waals surface area contributed by atoms with E-state index in [1.54, 1.807) is 0 Å². The molecule has 0 saturated heterocycles. The molecule has 1 atom stereocenters. The number of rotatable bonds is 33. The lowest BCUT2D eigenvalue weighted by molar-refractivity contribution is -0.873. The maximum atomic E-state index is 12.2. The third kappa shape index (κ3) is 31.7. The van der Waals surface area contributed by atoms with Gasteiger partial charge in [-0.3, -0.25) is 14.5 Å². The highest BCUT2D eigenvalue weighted by atomic mass is 16.3. The van der Waals surface area contributed by atoms with Gasteiger partial charge < -0.3 is 25.5 Å². The first-order chi connectivity index (χ1) is 21.2. The maximum Gasteiger partial charge on any atom is 0.219 e. The van der Waals surface area contributed by atoms with E-state index in [2.05, 4.69) is 55.2 Å². The van der Waals surface area contributed by atoms with Gasteiger partial charge in [0.1, 0.15) is 12.6 Å². The third-order valence-electron chi connectivity index (χ3n) is 7.78. The second-order valence-electron chi connectivity index (χ2n) is 13.5. The van der Waals surface area contributed by atoms with Crippen LogP contribution in [0, 0.1) is 0 Å². The van der Waals surface area contributed by atoms with Crippen LogP contribution in [0.4, 0.5) is 0 Å². The summed E-state index contributed by atoms with van der Waals surface area (Å²) in [5.74, 6) is 0.313. The van der Waals surface area contributed by atoms with E-state index in [4.69, 9.17) is 0 Å². The highest BCUT2D eigenvalue weighted by molar-refractivity contribution is 5.76. The predicted molar refractivity (Wildman–Crippen MR) is 188 cm³/mol. The predicted octanol–water partition coefficient (Wildman–Crippen LogP) is 5.57.